The van der Waals surface area contributed by atoms with E-state index >= 15 is 0 Å². The van der Waals surface area contributed by atoms with Crippen molar-refractivity contribution in [1.82, 2.24) is 4.90 Å². The summed E-state index contributed by atoms with van der Waals surface area (Å²) in [4.78, 5) is 19.5. The van der Waals surface area contributed by atoms with E-state index in [9.17, 15) is 9.90 Å². The molecule has 1 aliphatic carbocycles. The maximum Gasteiger partial charge on any atom is 0.226 e. The Labute approximate surface area is 181 Å². The number of aliphatic hydroxyl groups is 1. The summed E-state index contributed by atoms with van der Waals surface area (Å²) in [5.41, 5.74) is 2.79. The summed E-state index contributed by atoms with van der Waals surface area (Å²) in [7, 11) is 0. The highest BCUT2D eigenvalue weighted by atomic mass is 16.3. The van der Waals surface area contributed by atoms with Crippen LogP contribution in [0.15, 0.2) is 24.3 Å². The third kappa shape index (κ3) is 4.11. The zero-order chi connectivity index (χ0) is 20.6. The van der Waals surface area contributed by atoms with Crippen molar-refractivity contribution in [2.24, 2.45) is 5.41 Å². The van der Waals surface area contributed by atoms with E-state index in [-0.39, 0.29) is 12.0 Å². The second-order valence-corrected chi connectivity index (χ2v) is 10.2. The fraction of sp³-hybridized carbons (Fsp3) is 0.720. The van der Waals surface area contributed by atoms with Crippen molar-refractivity contribution in [3.05, 3.63) is 24.3 Å². The number of anilines is 2. The van der Waals surface area contributed by atoms with Crippen LogP contribution in [0, 0.1) is 5.41 Å². The molecule has 0 unspecified atom stereocenters. The van der Waals surface area contributed by atoms with Gasteiger partial charge < -0.3 is 14.9 Å². The van der Waals surface area contributed by atoms with E-state index in [4.69, 9.17) is 0 Å². The van der Waals surface area contributed by atoms with Crippen LogP contribution >= 0.6 is 0 Å². The highest BCUT2D eigenvalue weighted by Crippen LogP contribution is 2.42. The Bertz CT molecular complexity index is 743. The first-order valence-corrected chi connectivity index (χ1v) is 12.2. The quantitative estimate of drug-likeness (QED) is 0.822. The molecule has 0 bridgehead atoms. The van der Waals surface area contributed by atoms with Crippen molar-refractivity contribution < 1.29 is 9.90 Å². The van der Waals surface area contributed by atoms with E-state index < -0.39 is 0 Å². The minimum Gasteiger partial charge on any atom is -0.393 e. The van der Waals surface area contributed by atoms with Gasteiger partial charge in [-0.1, -0.05) is 0 Å². The molecule has 164 valence electrons. The first-order chi connectivity index (χ1) is 14.6. The van der Waals surface area contributed by atoms with Gasteiger partial charge >= 0.3 is 0 Å². The lowest BCUT2D eigenvalue weighted by atomic mass is 9.79. The third-order valence-electron chi connectivity index (χ3n) is 8.16. The molecular formula is C25H37N3O2. The zero-order valence-corrected chi connectivity index (χ0v) is 18.3. The van der Waals surface area contributed by atoms with Crippen molar-refractivity contribution in [2.45, 2.75) is 76.4 Å². The molecule has 0 aromatic heterocycles. The van der Waals surface area contributed by atoms with Crippen molar-refractivity contribution in [3.8, 4) is 0 Å². The second kappa shape index (κ2) is 8.51. The van der Waals surface area contributed by atoms with Crippen LogP contribution in [0.25, 0.3) is 0 Å². The van der Waals surface area contributed by atoms with Gasteiger partial charge in [-0.2, -0.15) is 0 Å². The molecule has 3 saturated heterocycles. The minimum absolute atomic E-state index is 0.0637. The van der Waals surface area contributed by atoms with E-state index in [2.05, 4.69) is 34.1 Å². The number of hydrogen-bond donors (Lipinski definition) is 1. The Morgan fingerprint density at radius 1 is 0.833 bits per heavy atom. The van der Waals surface area contributed by atoms with Crippen LogP contribution in [0.1, 0.15) is 64.2 Å². The van der Waals surface area contributed by atoms with Gasteiger partial charge in [-0.15, -0.1) is 0 Å². The normalized spacial score (nSPS) is 33.4. The average Bonchev–Trinajstić information content (AvgIpc) is 3.18. The minimum atomic E-state index is -0.0637. The predicted octanol–water partition coefficient (Wildman–Crippen LogP) is 3.80. The van der Waals surface area contributed by atoms with Crippen LogP contribution in [0.4, 0.5) is 11.4 Å². The molecule has 1 spiro atoms. The summed E-state index contributed by atoms with van der Waals surface area (Å²) in [5.74, 6) is 0.271. The Morgan fingerprint density at radius 3 is 2.37 bits per heavy atom. The van der Waals surface area contributed by atoms with Gasteiger partial charge in [0, 0.05) is 55.4 Å². The van der Waals surface area contributed by atoms with Crippen molar-refractivity contribution in [1.29, 1.82) is 0 Å². The molecule has 1 amide bonds. The number of aliphatic hydroxyl groups excluding tert-OH is 1. The van der Waals surface area contributed by atoms with Gasteiger partial charge in [0.25, 0.3) is 0 Å². The van der Waals surface area contributed by atoms with Gasteiger partial charge in [0.15, 0.2) is 0 Å². The van der Waals surface area contributed by atoms with Crippen LogP contribution < -0.4 is 9.80 Å². The Morgan fingerprint density at radius 2 is 1.60 bits per heavy atom. The molecule has 0 radical (unpaired) electrons. The largest absolute Gasteiger partial charge is 0.393 e. The lowest BCUT2D eigenvalue weighted by molar-refractivity contribution is -0.119. The Hall–Kier alpha value is -1.59. The Kier molecular flexibility index (Phi) is 5.76. The highest BCUT2D eigenvalue weighted by molar-refractivity contribution is 5.94. The zero-order valence-electron chi connectivity index (χ0n) is 18.3. The molecule has 1 aromatic rings. The molecule has 5 rings (SSSR count). The fourth-order valence-electron chi connectivity index (χ4n) is 6.39. The van der Waals surface area contributed by atoms with Gasteiger partial charge in [-0.3, -0.25) is 9.69 Å². The number of nitrogens with zero attached hydrogens (tertiary/aromatic N) is 3. The number of hydrogen-bond acceptors (Lipinski definition) is 4. The Balaban J connectivity index is 1.23. The van der Waals surface area contributed by atoms with E-state index in [1.807, 2.05) is 4.90 Å². The molecular weight excluding hydrogens is 374 g/mol. The molecule has 1 atom stereocenters. The SMILES string of the molecule is O=C1CCCCN1c1ccc(N2CCC[C@]3(CCN(C4CCC(O)CC4)C3)C2)cc1. The number of amides is 1. The summed E-state index contributed by atoms with van der Waals surface area (Å²) < 4.78 is 0. The van der Waals surface area contributed by atoms with Gasteiger partial charge in [0.2, 0.25) is 5.91 Å². The maximum absolute atomic E-state index is 12.2. The summed E-state index contributed by atoms with van der Waals surface area (Å²) in [5, 5.41) is 9.84. The molecule has 1 aromatic carbocycles. The molecule has 1 saturated carbocycles. The average molecular weight is 412 g/mol. The topological polar surface area (TPSA) is 47.0 Å². The van der Waals surface area contributed by atoms with E-state index in [0.717, 1.165) is 63.8 Å². The molecule has 3 aliphatic heterocycles. The van der Waals surface area contributed by atoms with Crippen LogP contribution in [-0.4, -0.2) is 60.8 Å². The molecule has 4 aliphatic rings. The first kappa shape index (κ1) is 20.3. The number of benzene rings is 1. The van der Waals surface area contributed by atoms with Gasteiger partial charge in [0.05, 0.1) is 6.10 Å². The summed E-state index contributed by atoms with van der Waals surface area (Å²) in [6.07, 6.45) is 11.0. The smallest absolute Gasteiger partial charge is 0.226 e. The van der Waals surface area contributed by atoms with Crippen molar-refractivity contribution >= 4 is 17.3 Å². The highest BCUT2D eigenvalue weighted by Gasteiger charge is 2.43. The summed E-state index contributed by atoms with van der Waals surface area (Å²) in [6, 6.07) is 9.43. The molecule has 4 fully saturated rings. The lowest BCUT2D eigenvalue weighted by Gasteiger charge is -2.42. The van der Waals surface area contributed by atoms with Gasteiger partial charge in [-0.25, -0.2) is 0 Å². The van der Waals surface area contributed by atoms with E-state index in [1.165, 1.54) is 38.0 Å². The van der Waals surface area contributed by atoms with E-state index in [0.29, 0.717) is 17.9 Å². The van der Waals surface area contributed by atoms with Gasteiger partial charge in [-0.05, 0) is 88.6 Å². The molecule has 30 heavy (non-hydrogen) atoms. The van der Waals surface area contributed by atoms with Crippen molar-refractivity contribution in [3.63, 3.8) is 0 Å². The first-order valence-electron chi connectivity index (χ1n) is 12.2. The number of piperidine rings is 2. The lowest BCUT2D eigenvalue weighted by Crippen LogP contribution is -2.46. The summed E-state index contributed by atoms with van der Waals surface area (Å²) >= 11 is 0. The summed E-state index contributed by atoms with van der Waals surface area (Å²) in [6.45, 7) is 5.61. The maximum atomic E-state index is 12.2. The van der Waals surface area contributed by atoms with Crippen LogP contribution in [0.3, 0.4) is 0 Å². The molecule has 5 heteroatoms. The number of rotatable bonds is 3. The second-order valence-electron chi connectivity index (χ2n) is 10.2. The third-order valence-corrected chi connectivity index (χ3v) is 8.16. The molecule has 1 N–H and O–H groups in total. The molecule has 5 nitrogen and oxygen atoms in total. The van der Waals surface area contributed by atoms with Crippen LogP contribution in [0.2, 0.25) is 0 Å². The number of carbonyl (C=O) groups excluding carboxylic acids is 1. The van der Waals surface area contributed by atoms with Gasteiger partial charge in [0.1, 0.15) is 0 Å². The standard InChI is InChI=1S/C25H37N3O2/c29-23-11-9-21(10-12-23)27-17-14-25(19-27)13-3-15-26(18-25)20-5-7-22(8-6-20)28-16-2-1-4-24(28)30/h5-8,21,23,29H,1-4,9-19H2/t21?,23?,25-/m0/s1. The van der Waals surface area contributed by atoms with E-state index in [1.54, 1.807) is 0 Å². The number of carbonyl (C=O) groups is 1. The predicted molar refractivity (Wildman–Crippen MR) is 121 cm³/mol. The van der Waals surface area contributed by atoms with Crippen LogP contribution in [0.5, 0.6) is 0 Å². The van der Waals surface area contributed by atoms with Crippen LogP contribution in [-0.2, 0) is 4.79 Å². The van der Waals surface area contributed by atoms with Crippen molar-refractivity contribution in [2.75, 3.05) is 42.5 Å². The molecule has 3 heterocycles. The number of likely N-dealkylation sites (tertiary alicyclic amines) is 1. The fourth-order valence-corrected chi connectivity index (χ4v) is 6.39. The monoisotopic (exact) mass is 411 g/mol.